The van der Waals surface area contributed by atoms with E-state index in [-0.39, 0.29) is 0 Å². The molecule has 1 aliphatic rings. The summed E-state index contributed by atoms with van der Waals surface area (Å²) in [7, 11) is 0. The van der Waals surface area contributed by atoms with E-state index in [0.29, 0.717) is 11.8 Å². The van der Waals surface area contributed by atoms with Crippen molar-refractivity contribution in [1.29, 1.82) is 0 Å². The quantitative estimate of drug-likeness (QED) is 0.929. The maximum absolute atomic E-state index is 4.29. The molecule has 1 fully saturated rings. The summed E-state index contributed by atoms with van der Waals surface area (Å²) in [6, 6.07) is 10.8. The Morgan fingerprint density at radius 2 is 2.00 bits per heavy atom. The maximum Gasteiger partial charge on any atom is 0.137 e. The van der Waals surface area contributed by atoms with Crippen molar-refractivity contribution in [3.05, 3.63) is 48.0 Å². The van der Waals surface area contributed by atoms with Crippen LogP contribution in [0.5, 0.6) is 0 Å². The number of hydrogen-bond acceptors (Lipinski definition) is 3. The molecular weight excluding hydrogens is 248 g/mol. The SMILES string of the molecule is CC(CN1CCC(c2ncn[nH]2)CC1)c1ccccc1. The van der Waals surface area contributed by atoms with Crippen LogP contribution >= 0.6 is 0 Å². The normalized spacial score (nSPS) is 19.1. The molecule has 1 aliphatic heterocycles. The topological polar surface area (TPSA) is 44.8 Å². The average Bonchev–Trinajstić information content (AvgIpc) is 3.03. The second-order valence-corrected chi connectivity index (χ2v) is 5.76. The van der Waals surface area contributed by atoms with Gasteiger partial charge in [-0.2, -0.15) is 5.10 Å². The first-order valence-corrected chi connectivity index (χ1v) is 7.45. The molecule has 4 nitrogen and oxygen atoms in total. The van der Waals surface area contributed by atoms with E-state index in [1.807, 2.05) is 0 Å². The highest BCUT2D eigenvalue weighted by molar-refractivity contribution is 5.19. The van der Waals surface area contributed by atoms with Crippen molar-refractivity contribution in [2.24, 2.45) is 0 Å². The summed E-state index contributed by atoms with van der Waals surface area (Å²) in [6.45, 7) is 5.77. The van der Waals surface area contributed by atoms with Gasteiger partial charge in [-0.1, -0.05) is 37.3 Å². The van der Waals surface area contributed by atoms with Crippen molar-refractivity contribution in [2.45, 2.75) is 31.6 Å². The van der Waals surface area contributed by atoms with Gasteiger partial charge in [-0.3, -0.25) is 5.10 Å². The van der Waals surface area contributed by atoms with Crippen LogP contribution in [0.15, 0.2) is 36.7 Å². The Balaban J connectivity index is 1.51. The largest absolute Gasteiger partial charge is 0.303 e. The molecule has 2 aromatic rings. The molecule has 1 aromatic carbocycles. The zero-order chi connectivity index (χ0) is 13.8. The first-order valence-electron chi connectivity index (χ1n) is 7.45. The summed E-state index contributed by atoms with van der Waals surface area (Å²) in [5.74, 6) is 2.21. The molecule has 0 bridgehead atoms. The number of rotatable bonds is 4. The van der Waals surface area contributed by atoms with E-state index in [9.17, 15) is 0 Å². The third-order valence-electron chi connectivity index (χ3n) is 4.31. The van der Waals surface area contributed by atoms with Gasteiger partial charge in [0.15, 0.2) is 0 Å². The molecule has 0 spiro atoms. The van der Waals surface area contributed by atoms with Crippen molar-refractivity contribution in [3.8, 4) is 0 Å². The number of aromatic amines is 1. The fourth-order valence-electron chi connectivity index (χ4n) is 3.07. The van der Waals surface area contributed by atoms with E-state index in [0.717, 1.165) is 25.5 Å². The zero-order valence-corrected chi connectivity index (χ0v) is 12.0. The Hall–Kier alpha value is -1.68. The predicted molar refractivity (Wildman–Crippen MR) is 79.7 cm³/mol. The van der Waals surface area contributed by atoms with Gasteiger partial charge in [0.2, 0.25) is 0 Å². The van der Waals surface area contributed by atoms with Crippen LogP contribution < -0.4 is 0 Å². The first kappa shape index (κ1) is 13.3. The lowest BCUT2D eigenvalue weighted by Crippen LogP contribution is -2.35. The van der Waals surface area contributed by atoms with Crippen LogP contribution in [-0.4, -0.2) is 39.7 Å². The summed E-state index contributed by atoms with van der Waals surface area (Å²) in [4.78, 5) is 6.86. The van der Waals surface area contributed by atoms with Crippen LogP contribution in [0.1, 0.15) is 43.0 Å². The summed E-state index contributed by atoms with van der Waals surface area (Å²) < 4.78 is 0. The van der Waals surface area contributed by atoms with Gasteiger partial charge < -0.3 is 4.90 Å². The summed E-state index contributed by atoms with van der Waals surface area (Å²) in [5.41, 5.74) is 1.44. The zero-order valence-electron chi connectivity index (χ0n) is 12.0. The number of H-pyrrole nitrogens is 1. The van der Waals surface area contributed by atoms with Gasteiger partial charge in [0.1, 0.15) is 12.2 Å². The van der Waals surface area contributed by atoms with Gasteiger partial charge in [0.05, 0.1) is 0 Å². The van der Waals surface area contributed by atoms with Gasteiger partial charge in [-0.05, 0) is 37.4 Å². The third kappa shape index (κ3) is 3.07. The van der Waals surface area contributed by atoms with Gasteiger partial charge in [-0.15, -0.1) is 0 Å². The van der Waals surface area contributed by atoms with Crippen LogP contribution in [0.4, 0.5) is 0 Å². The highest BCUT2D eigenvalue weighted by Gasteiger charge is 2.23. The van der Waals surface area contributed by atoms with E-state index in [4.69, 9.17) is 0 Å². The van der Waals surface area contributed by atoms with Crippen molar-refractivity contribution in [3.63, 3.8) is 0 Å². The number of piperidine rings is 1. The molecule has 0 aliphatic carbocycles. The van der Waals surface area contributed by atoms with Crippen LogP contribution in [-0.2, 0) is 0 Å². The van der Waals surface area contributed by atoms with Crippen LogP contribution in [0.25, 0.3) is 0 Å². The van der Waals surface area contributed by atoms with Crippen LogP contribution in [0.3, 0.4) is 0 Å². The number of hydrogen-bond donors (Lipinski definition) is 1. The van der Waals surface area contributed by atoms with Gasteiger partial charge in [-0.25, -0.2) is 4.98 Å². The lowest BCUT2D eigenvalue weighted by Gasteiger charge is -2.32. The Morgan fingerprint density at radius 3 is 2.65 bits per heavy atom. The third-order valence-corrected chi connectivity index (χ3v) is 4.31. The first-order chi connectivity index (χ1) is 9.83. The molecule has 0 amide bonds. The van der Waals surface area contributed by atoms with Gasteiger partial charge >= 0.3 is 0 Å². The monoisotopic (exact) mass is 270 g/mol. The standard InChI is InChI=1S/C16H22N4/c1-13(14-5-3-2-4-6-14)11-20-9-7-15(8-10-20)16-17-12-18-19-16/h2-6,12-13,15H,7-11H2,1H3,(H,17,18,19). The number of aromatic nitrogens is 3. The van der Waals surface area contributed by atoms with Gasteiger partial charge in [0.25, 0.3) is 0 Å². The molecule has 0 radical (unpaired) electrons. The fraction of sp³-hybridized carbons (Fsp3) is 0.500. The predicted octanol–water partition coefficient (Wildman–Crippen LogP) is 2.79. The van der Waals surface area contributed by atoms with Crippen LogP contribution in [0, 0.1) is 0 Å². The molecule has 4 heteroatoms. The molecular formula is C16H22N4. The maximum atomic E-state index is 4.29. The highest BCUT2D eigenvalue weighted by atomic mass is 15.2. The minimum atomic E-state index is 0.556. The Kier molecular flexibility index (Phi) is 4.11. The summed E-state index contributed by atoms with van der Waals surface area (Å²) >= 11 is 0. The Bertz CT molecular complexity index is 501. The molecule has 1 atom stereocenters. The number of nitrogens with zero attached hydrogens (tertiary/aromatic N) is 3. The highest BCUT2D eigenvalue weighted by Crippen LogP contribution is 2.26. The van der Waals surface area contributed by atoms with E-state index in [1.54, 1.807) is 6.33 Å². The lowest BCUT2D eigenvalue weighted by atomic mass is 9.94. The summed E-state index contributed by atoms with van der Waals surface area (Å²) in [5, 5.41) is 6.96. The Labute approximate surface area is 120 Å². The lowest BCUT2D eigenvalue weighted by molar-refractivity contribution is 0.201. The van der Waals surface area contributed by atoms with E-state index < -0.39 is 0 Å². The van der Waals surface area contributed by atoms with Crippen molar-refractivity contribution in [2.75, 3.05) is 19.6 Å². The fourth-order valence-corrected chi connectivity index (χ4v) is 3.07. The second kappa shape index (κ2) is 6.18. The van der Waals surface area contributed by atoms with Gasteiger partial charge in [0, 0.05) is 12.5 Å². The number of likely N-dealkylation sites (tertiary alicyclic amines) is 1. The number of benzene rings is 1. The molecule has 1 saturated heterocycles. The molecule has 0 saturated carbocycles. The molecule has 3 rings (SSSR count). The molecule has 1 aromatic heterocycles. The molecule has 20 heavy (non-hydrogen) atoms. The van der Waals surface area contributed by atoms with Crippen molar-refractivity contribution >= 4 is 0 Å². The summed E-state index contributed by atoms with van der Waals surface area (Å²) in [6.07, 6.45) is 3.96. The van der Waals surface area contributed by atoms with E-state index >= 15 is 0 Å². The van der Waals surface area contributed by atoms with Crippen molar-refractivity contribution < 1.29 is 0 Å². The molecule has 1 unspecified atom stereocenters. The molecule has 106 valence electrons. The molecule has 2 heterocycles. The average molecular weight is 270 g/mol. The molecule has 1 N–H and O–H groups in total. The van der Waals surface area contributed by atoms with E-state index in [1.165, 1.54) is 18.4 Å². The van der Waals surface area contributed by atoms with Crippen LogP contribution in [0.2, 0.25) is 0 Å². The number of nitrogens with one attached hydrogen (secondary N) is 1. The smallest absolute Gasteiger partial charge is 0.137 e. The minimum Gasteiger partial charge on any atom is -0.303 e. The minimum absolute atomic E-state index is 0.556. The second-order valence-electron chi connectivity index (χ2n) is 5.76. The van der Waals surface area contributed by atoms with Crippen molar-refractivity contribution in [1.82, 2.24) is 20.1 Å². The Morgan fingerprint density at radius 1 is 1.25 bits per heavy atom. The van der Waals surface area contributed by atoms with E-state index in [2.05, 4.69) is 57.3 Å².